The number of halogens is 3. The predicted octanol–water partition coefficient (Wildman–Crippen LogP) is 5.11. The number of nitrogens with one attached hydrogen (secondary N) is 1. The van der Waals surface area contributed by atoms with E-state index in [1.807, 2.05) is 4.90 Å². The average Bonchev–Trinajstić information content (AvgIpc) is 3.68. The van der Waals surface area contributed by atoms with E-state index in [0.29, 0.717) is 24.4 Å². The molecule has 1 N–H and O–H groups in total. The third-order valence-electron chi connectivity index (χ3n) is 8.01. The smallest absolute Gasteiger partial charge is 0.352 e. The number of piperidine rings is 1. The predicted molar refractivity (Wildman–Crippen MR) is 131 cm³/mol. The number of benzene rings is 2. The summed E-state index contributed by atoms with van der Waals surface area (Å²) in [5, 5.41) is 2.78. The summed E-state index contributed by atoms with van der Waals surface area (Å²) in [5.41, 5.74) is 2.00. The van der Waals surface area contributed by atoms with Crippen molar-refractivity contribution >= 4 is 17.5 Å². The largest absolute Gasteiger partial charge is 0.416 e. The Labute approximate surface area is 209 Å². The zero-order valence-electron chi connectivity index (χ0n) is 20.3. The molecule has 1 spiro atoms. The molecule has 5 nitrogen and oxygen atoms in total. The lowest BCUT2D eigenvalue weighted by Gasteiger charge is -2.37. The third-order valence-corrected chi connectivity index (χ3v) is 8.01. The van der Waals surface area contributed by atoms with Gasteiger partial charge in [0.05, 0.1) is 11.0 Å². The molecule has 0 aromatic heterocycles. The highest BCUT2D eigenvalue weighted by molar-refractivity contribution is 6.00. The van der Waals surface area contributed by atoms with Crippen LogP contribution in [0.3, 0.4) is 0 Å². The van der Waals surface area contributed by atoms with Gasteiger partial charge in [0.1, 0.15) is 0 Å². The lowest BCUT2D eigenvalue weighted by Crippen LogP contribution is -2.45. The van der Waals surface area contributed by atoms with Crippen molar-refractivity contribution in [1.29, 1.82) is 0 Å². The van der Waals surface area contributed by atoms with Gasteiger partial charge in [-0.1, -0.05) is 24.3 Å². The summed E-state index contributed by atoms with van der Waals surface area (Å²) in [7, 11) is 0. The second-order valence-electron chi connectivity index (χ2n) is 10.4. The topological polar surface area (TPSA) is 52.7 Å². The van der Waals surface area contributed by atoms with Crippen molar-refractivity contribution < 1.29 is 22.8 Å². The van der Waals surface area contributed by atoms with Crippen LogP contribution in [0.15, 0.2) is 48.5 Å². The zero-order chi connectivity index (χ0) is 25.3. The number of likely N-dealkylation sites (tertiary alicyclic amines) is 1. The molecule has 2 heterocycles. The molecule has 8 heteroatoms. The van der Waals surface area contributed by atoms with Crippen molar-refractivity contribution in [2.45, 2.75) is 57.2 Å². The molecular formula is C28H32F3N3O2. The van der Waals surface area contributed by atoms with Crippen molar-refractivity contribution in [3.8, 4) is 0 Å². The summed E-state index contributed by atoms with van der Waals surface area (Å²) in [6, 6.07) is 13.3. The normalized spacial score (nSPS) is 20.2. The van der Waals surface area contributed by atoms with Crippen LogP contribution >= 0.6 is 0 Å². The van der Waals surface area contributed by atoms with E-state index in [0.717, 1.165) is 56.7 Å². The minimum atomic E-state index is -4.36. The Hall–Kier alpha value is -2.87. The van der Waals surface area contributed by atoms with Gasteiger partial charge in [0.15, 0.2) is 0 Å². The first-order valence-corrected chi connectivity index (χ1v) is 12.8. The molecule has 0 unspecified atom stereocenters. The molecule has 0 atom stereocenters. The summed E-state index contributed by atoms with van der Waals surface area (Å²) >= 11 is 0. The molecule has 2 saturated heterocycles. The number of rotatable bonds is 7. The Bertz CT molecular complexity index is 1090. The molecule has 0 radical (unpaired) electrons. The van der Waals surface area contributed by atoms with Crippen LogP contribution in [0.1, 0.15) is 61.1 Å². The number of hydrogen-bond donors (Lipinski definition) is 1. The monoisotopic (exact) mass is 499 g/mol. The Morgan fingerprint density at radius 2 is 1.58 bits per heavy atom. The second-order valence-corrected chi connectivity index (χ2v) is 10.4. The Kier molecular flexibility index (Phi) is 6.81. The lowest BCUT2D eigenvalue weighted by molar-refractivity contribution is -0.137. The molecule has 2 aromatic carbocycles. The van der Waals surface area contributed by atoms with E-state index in [-0.39, 0.29) is 23.8 Å². The molecule has 5 rings (SSSR count). The van der Waals surface area contributed by atoms with Crippen molar-refractivity contribution in [3.63, 3.8) is 0 Å². The molecule has 192 valence electrons. The number of carbonyl (C=O) groups excluding carboxylic acids is 2. The van der Waals surface area contributed by atoms with Gasteiger partial charge in [0, 0.05) is 31.7 Å². The quantitative estimate of drug-likeness (QED) is 0.576. The molecule has 3 aliphatic rings. The van der Waals surface area contributed by atoms with E-state index in [1.54, 1.807) is 0 Å². The van der Waals surface area contributed by atoms with Crippen molar-refractivity contribution in [2.24, 2.45) is 5.41 Å². The maximum Gasteiger partial charge on any atom is 0.416 e. The van der Waals surface area contributed by atoms with Crippen molar-refractivity contribution in [2.75, 3.05) is 31.1 Å². The van der Waals surface area contributed by atoms with Crippen LogP contribution < -0.4 is 10.2 Å². The van der Waals surface area contributed by atoms with Crippen LogP contribution in [-0.2, 0) is 22.3 Å². The highest BCUT2D eigenvalue weighted by atomic mass is 19.4. The van der Waals surface area contributed by atoms with E-state index in [9.17, 15) is 22.8 Å². The van der Waals surface area contributed by atoms with Crippen molar-refractivity contribution in [1.82, 2.24) is 10.2 Å². The number of hydrogen-bond acceptors (Lipinski definition) is 3. The van der Waals surface area contributed by atoms with E-state index < -0.39 is 11.7 Å². The van der Waals surface area contributed by atoms with Gasteiger partial charge in [0.25, 0.3) is 0 Å². The number of nitrogens with zero attached hydrogens (tertiary/aromatic N) is 2. The van der Waals surface area contributed by atoms with Crippen LogP contribution in [0.25, 0.3) is 0 Å². The van der Waals surface area contributed by atoms with Gasteiger partial charge < -0.3 is 15.1 Å². The van der Waals surface area contributed by atoms with Gasteiger partial charge in [-0.15, -0.1) is 0 Å². The van der Waals surface area contributed by atoms with Gasteiger partial charge in [-0.3, -0.25) is 9.59 Å². The standard InChI is InChI=1S/C28H32F3N3O2/c29-28(30,31)23-7-1-20(2-8-23)19-32-25(35)11-15-33-16-12-27(13-17-33)14-18-34(26(27)36)24-9-5-22(6-10-24)21-3-4-21/h1-2,5-10,21H,3-4,11-19H2,(H,32,35). The molecule has 36 heavy (non-hydrogen) atoms. The van der Waals surface area contributed by atoms with Crippen LogP contribution in [0.2, 0.25) is 0 Å². The first kappa shape index (κ1) is 24.8. The van der Waals surface area contributed by atoms with E-state index >= 15 is 0 Å². The molecule has 0 bridgehead atoms. The molecular weight excluding hydrogens is 467 g/mol. The summed E-state index contributed by atoms with van der Waals surface area (Å²) < 4.78 is 38.0. The highest BCUT2D eigenvalue weighted by Crippen LogP contribution is 2.44. The van der Waals surface area contributed by atoms with Gasteiger partial charge >= 0.3 is 6.18 Å². The molecule has 1 saturated carbocycles. The first-order chi connectivity index (χ1) is 17.2. The zero-order valence-corrected chi connectivity index (χ0v) is 20.3. The van der Waals surface area contributed by atoms with Crippen molar-refractivity contribution in [3.05, 3.63) is 65.2 Å². The summed E-state index contributed by atoms with van der Waals surface area (Å²) in [6.07, 6.45) is 0.965. The van der Waals surface area contributed by atoms with Gasteiger partial charge in [-0.25, -0.2) is 0 Å². The Morgan fingerprint density at radius 1 is 0.944 bits per heavy atom. The molecule has 2 aromatic rings. The number of alkyl halides is 3. The minimum Gasteiger partial charge on any atom is -0.352 e. The number of carbonyl (C=O) groups is 2. The highest BCUT2D eigenvalue weighted by Gasteiger charge is 2.48. The van der Waals surface area contributed by atoms with E-state index in [1.165, 1.54) is 30.5 Å². The number of anilines is 1. The Balaban J connectivity index is 1.05. The molecule has 1 aliphatic carbocycles. The second kappa shape index (κ2) is 9.88. The van der Waals surface area contributed by atoms with Gasteiger partial charge in [-0.2, -0.15) is 13.2 Å². The van der Waals surface area contributed by atoms with E-state index in [4.69, 9.17) is 0 Å². The summed E-state index contributed by atoms with van der Waals surface area (Å²) in [4.78, 5) is 29.8. The SMILES string of the molecule is O=C(CCN1CCC2(CC1)CCN(c1ccc(C3CC3)cc1)C2=O)NCc1ccc(C(F)(F)F)cc1. The third kappa shape index (κ3) is 5.43. The van der Waals surface area contributed by atoms with E-state index in [2.05, 4.69) is 34.5 Å². The molecule has 3 fully saturated rings. The maximum absolute atomic E-state index is 13.4. The number of amides is 2. The summed E-state index contributed by atoms with van der Waals surface area (Å²) in [6.45, 7) is 3.13. The molecule has 2 amide bonds. The van der Waals surface area contributed by atoms with Crippen LogP contribution in [0.4, 0.5) is 18.9 Å². The van der Waals surface area contributed by atoms with Gasteiger partial charge in [0.2, 0.25) is 11.8 Å². The molecule has 2 aliphatic heterocycles. The fraction of sp³-hybridized carbons (Fsp3) is 0.500. The lowest BCUT2D eigenvalue weighted by atomic mass is 9.77. The van der Waals surface area contributed by atoms with Crippen LogP contribution in [-0.4, -0.2) is 42.9 Å². The van der Waals surface area contributed by atoms with Crippen LogP contribution in [0, 0.1) is 5.41 Å². The Morgan fingerprint density at radius 3 is 2.19 bits per heavy atom. The fourth-order valence-electron chi connectivity index (χ4n) is 5.44. The van der Waals surface area contributed by atoms with Crippen LogP contribution in [0.5, 0.6) is 0 Å². The maximum atomic E-state index is 13.4. The fourth-order valence-corrected chi connectivity index (χ4v) is 5.44. The first-order valence-electron chi connectivity index (χ1n) is 12.8. The minimum absolute atomic E-state index is 0.132. The average molecular weight is 500 g/mol. The summed E-state index contributed by atoms with van der Waals surface area (Å²) in [5.74, 6) is 0.805. The van der Waals surface area contributed by atoms with Gasteiger partial charge in [-0.05, 0) is 86.5 Å².